The number of aryl methyl sites for hydroxylation is 1. The molecule has 0 fully saturated rings. The van der Waals surface area contributed by atoms with Crippen LogP contribution in [0.4, 0.5) is 0 Å². The number of carbonyl (C=O) groups is 2. The largest absolute Gasteiger partial charge is 0.497 e. The number of nitrogens with one attached hydrogen (secondary N) is 1. The number of carboxylic acid groups (broad SMARTS) is 1. The molecule has 6 heteroatoms. The fraction of sp³-hybridized carbons (Fsp3) is 0.300. The number of methoxy groups -OCH3 is 2. The molecular weight excluding hydrogens is 334 g/mol. The summed E-state index contributed by atoms with van der Waals surface area (Å²) in [6, 6.07) is 13.7. The maximum atomic E-state index is 12.2. The van der Waals surface area contributed by atoms with E-state index in [4.69, 9.17) is 9.47 Å². The Labute approximate surface area is 152 Å². The molecule has 6 nitrogen and oxygen atoms in total. The molecule has 0 spiro atoms. The summed E-state index contributed by atoms with van der Waals surface area (Å²) in [6.45, 7) is 0. The normalized spacial score (nSPS) is 11.5. The zero-order valence-electron chi connectivity index (χ0n) is 14.9. The molecule has 2 aromatic rings. The highest BCUT2D eigenvalue weighted by Gasteiger charge is 2.20. The molecule has 0 aliphatic heterocycles. The molecule has 0 aromatic heterocycles. The van der Waals surface area contributed by atoms with Gasteiger partial charge in [0.25, 0.3) is 0 Å². The first-order valence-electron chi connectivity index (χ1n) is 8.30. The van der Waals surface area contributed by atoms with E-state index in [1.165, 1.54) is 0 Å². The summed E-state index contributed by atoms with van der Waals surface area (Å²) in [5, 5.41) is 11.9. The number of carbonyl (C=O) groups excluding carboxylic acids is 1. The van der Waals surface area contributed by atoms with Crippen LogP contribution in [0.25, 0.3) is 0 Å². The Morgan fingerprint density at radius 3 is 2.15 bits per heavy atom. The maximum Gasteiger partial charge on any atom is 0.326 e. The fourth-order valence-corrected chi connectivity index (χ4v) is 2.58. The van der Waals surface area contributed by atoms with Crippen molar-refractivity contribution in [2.75, 3.05) is 14.2 Å². The second kappa shape index (κ2) is 9.46. The first-order chi connectivity index (χ1) is 12.5. The van der Waals surface area contributed by atoms with Gasteiger partial charge in [0.1, 0.15) is 17.5 Å². The van der Waals surface area contributed by atoms with E-state index in [1.807, 2.05) is 42.5 Å². The highest BCUT2D eigenvalue weighted by Crippen LogP contribution is 2.23. The molecular formula is C20H23NO5. The van der Waals surface area contributed by atoms with Crippen LogP contribution in [-0.4, -0.2) is 37.2 Å². The summed E-state index contributed by atoms with van der Waals surface area (Å²) in [7, 11) is 3.12. The van der Waals surface area contributed by atoms with Gasteiger partial charge in [0, 0.05) is 18.9 Å². The van der Waals surface area contributed by atoms with Crippen LogP contribution < -0.4 is 14.8 Å². The lowest BCUT2D eigenvalue weighted by Crippen LogP contribution is -2.42. The lowest BCUT2D eigenvalue weighted by atomic mass is 10.0. The number of ether oxygens (including phenoxy) is 2. The van der Waals surface area contributed by atoms with Crippen LogP contribution >= 0.6 is 0 Å². The minimum Gasteiger partial charge on any atom is -0.497 e. The van der Waals surface area contributed by atoms with Crippen molar-refractivity contribution >= 4 is 11.9 Å². The lowest BCUT2D eigenvalue weighted by Gasteiger charge is -2.15. The Morgan fingerprint density at radius 1 is 1.00 bits per heavy atom. The van der Waals surface area contributed by atoms with Crippen molar-refractivity contribution in [1.29, 1.82) is 0 Å². The van der Waals surface area contributed by atoms with Gasteiger partial charge < -0.3 is 19.9 Å². The minimum absolute atomic E-state index is 0.175. The average molecular weight is 357 g/mol. The van der Waals surface area contributed by atoms with Gasteiger partial charge in [-0.15, -0.1) is 0 Å². The van der Waals surface area contributed by atoms with Crippen molar-refractivity contribution < 1.29 is 24.2 Å². The smallest absolute Gasteiger partial charge is 0.326 e. The molecule has 2 aromatic carbocycles. The highest BCUT2D eigenvalue weighted by atomic mass is 16.5. The van der Waals surface area contributed by atoms with Crippen LogP contribution in [0.2, 0.25) is 0 Å². The second-order valence-electron chi connectivity index (χ2n) is 5.87. The Bertz CT molecular complexity index is 723. The zero-order chi connectivity index (χ0) is 18.9. The van der Waals surface area contributed by atoms with Gasteiger partial charge >= 0.3 is 5.97 Å². The minimum atomic E-state index is -1.05. The van der Waals surface area contributed by atoms with Crippen LogP contribution in [0.1, 0.15) is 17.5 Å². The first-order valence-corrected chi connectivity index (χ1v) is 8.30. The summed E-state index contributed by atoms with van der Waals surface area (Å²) >= 11 is 0. The molecule has 2 N–H and O–H groups in total. The number of rotatable bonds is 9. The van der Waals surface area contributed by atoms with Gasteiger partial charge in [-0.1, -0.05) is 30.3 Å². The SMILES string of the molecule is COc1cc(CCC(=O)N[C@H](Cc2ccccc2)C(=O)O)cc(OC)c1. The number of aliphatic carboxylic acids is 1. The predicted octanol–water partition coefficient (Wildman–Crippen LogP) is 2.45. The van der Waals surface area contributed by atoms with Crippen molar-refractivity contribution in [3.05, 3.63) is 59.7 Å². The van der Waals surface area contributed by atoms with Crippen LogP contribution in [0.5, 0.6) is 11.5 Å². The topological polar surface area (TPSA) is 84.9 Å². The number of hydrogen-bond acceptors (Lipinski definition) is 4. The number of amides is 1. The Morgan fingerprint density at radius 2 is 1.62 bits per heavy atom. The van der Waals surface area contributed by atoms with Gasteiger partial charge in [-0.25, -0.2) is 4.79 Å². The summed E-state index contributed by atoms with van der Waals surface area (Å²) < 4.78 is 10.4. The quantitative estimate of drug-likeness (QED) is 0.720. The third-order valence-electron chi connectivity index (χ3n) is 3.97. The standard InChI is InChI=1S/C20H23NO5/c1-25-16-10-15(11-17(13-16)26-2)8-9-19(22)21-18(20(23)24)12-14-6-4-3-5-7-14/h3-7,10-11,13,18H,8-9,12H2,1-2H3,(H,21,22)(H,23,24)/t18-/m1/s1. The van der Waals surface area contributed by atoms with Crippen LogP contribution in [0.3, 0.4) is 0 Å². The molecule has 0 saturated carbocycles. The molecule has 0 bridgehead atoms. The Balaban J connectivity index is 1.95. The summed E-state index contributed by atoms with van der Waals surface area (Å²) in [5.41, 5.74) is 1.74. The van der Waals surface area contributed by atoms with Gasteiger partial charge in [0.15, 0.2) is 0 Å². The zero-order valence-corrected chi connectivity index (χ0v) is 14.9. The Kier molecular flexibility index (Phi) is 7.02. The van der Waals surface area contributed by atoms with Crippen LogP contribution in [0.15, 0.2) is 48.5 Å². The Hall–Kier alpha value is -3.02. The molecule has 0 radical (unpaired) electrons. The van der Waals surface area contributed by atoms with Crippen molar-refractivity contribution in [3.63, 3.8) is 0 Å². The van der Waals surface area contributed by atoms with Crippen molar-refractivity contribution in [1.82, 2.24) is 5.32 Å². The highest BCUT2D eigenvalue weighted by molar-refractivity contribution is 5.83. The summed E-state index contributed by atoms with van der Waals surface area (Å²) in [5.74, 6) is -0.0696. The van der Waals surface area contributed by atoms with E-state index in [0.29, 0.717) is 17.9 Å². The predicted molar refractivity (Wildman–Crippen MR) is 97.6 cm³/mol. The van der Waals surface area contributed by atoms with Crippen LogP contribution in [-0.2, 0) is 22.4 Å². The van der Waals surface area contributed by atoms with E-state index in [0.717, 1.165) is 11.1 Å². The van der Waals surface area contributed by atoms with E-state index >= 15 is 0 Å². The molecule has 138 valence electrons. The van der Waals surface area contributed by atoms with Crippen LogP contribution in [0, 0.1) is 0 Å². The summed E-state index contributed by atoms with van der Waals surface area (Å²) in [4.78, 5) is 23.6. The van der Waals surface area contributed by atoms with E-state index in [1.54, 1.807) is 20.3 Å². The average Bonchev–Trinajstić information content (AvgIpc) is 2.66. The molecule has 0 unspecified atom stereocenters. The lowest BCUT2D eigenvalue weighted by molar-refractivity contribution is -0.141. The first kappa shape index (κ1) is 19.3. The monoisotopic (exact) mass is 357 g/mol. The molecule has 1 atom stereocenters. The number of hydrogen-bond donors (Lipinski definition) is 2. The van der Waals surface area contributed by atoms with E-state index in [9.17, 15) is 14.7 Å². The molecule has 0 saturated heterocycles. The van der Waals surface area contributed by atoms with E-state index in [-0.39, 0.29) is 18.7 Å². The van der Waals surface area contributed by atoms with Gasteiger partial charge in [-0.05, 0) is 29.7 Å². The molecule has 0 heterocycles. The van der Waals surface area contributed by atoms with Gasteiger partial charge in [-0.2, -0.15) is 0 Å². The van der Waals surface area contributed by atoms with Gasteiger partial charge in [0.05, 0.1) is 14.2 Å². The van der Waals surface area contributed by atoms with Crippen molar-refractivity contribution in [2.24, 2.45) is 0 Å². The van der Waals surface area contributed by atoms with Crippen molar-refractivity contribution in [2.45, 2.75) is 25.3 Å². The third kappa shape index (κ3) is 5.81. The maximum absolute atomic E-state index is 12.2. The fourth-order valence-electron chi connectivity index (χ4n) is 2.58. The molecule has 26 heavy (non-hydrogen) atoms. The molecule has 1 amide bonds. The summed E-state index contributed by atoms with van der Waals surface area (Å²) in [6.07, 6.45) is 0.876. The van der Waals surface area contributed by atoms with Gasteiger partial charge in [0.2, 0.25) is 5.91 Å². The van der Waals surface area contributed by atoms with E-state index < -0.39 is 12.0 Å². The van der Waals surface area contributed by atoms with Crippen molar-refractivity contribution in [3.8, 4) is 11.5 Å². The molecule has 0 aliphatic rings. The number of benzene rings is 2. The second-order valence-corrected chi connectivity index (χ2v) is 5.87. The molecule has 2 rings (SSSR count). The third-order valence-corrected chi connectivity index (χ3v) is 3.97. The number of carboxylic acids is 1. The molecule has 0 aliphatic carbocycles. The van der Waals surface area contributed by atoms with Gasteiger partial charge in [-0.3, -0.25) is 4.79 Å². The van der Waals surface area contributed by atoms with E-state index in [2.05, 4.69) is 5.32 Å².